The summed E-state index contributed by atoms with van der Waals surface area (Å²) in [5, 5.41) is 46.6. The highest BCUT2D eigenvalue weighted by Gasteiger charge is 2.54. The molecule has 0 aliphatic carbocycles. The smallest absolute Gasteiger partial charge is 0.311 e. The van der Waals surface area contributed by atoms with Crippen LogP contribution in [0.3, 0.4) is 0 Å². The first-order valence-electron chi connectivity index (χ1n) is 19.9. The maximum Gasteiger partial charge on any atom is 0.311 e. The van der Waals surface area contributed by atoms with E-state index >= 15 is 0 Å². The molecule has 3 fully saturated rings. The van der Waals surface area contributed by atoms with Crippen molar-refractivity contribution in [3.05, 3.63) is 0 Å². The number of likely N-dealkylation sites (N-methyl/N-ethyl adjacent to an activating group) is 1. The van der Waals surface area contributed by atoms with Crippen LogP contribution >= 0.6 is 0 Å². The lowest BCUT2D eigenvalue weighted by molar-refractivity contribution is -0.319. The number of Topliss-reactive ketones (excluding diaryl/α,β-unsaturated/α-hetero) is 1. The van der Waals surface area contributed by atoms with Crippen LogP contribution in [0.2, 0.25) is 0 Å². The Morgan fingerprint density at radius 1 is 0.891 bits per heavy atom. The molecule has 0 aromatic rings. The van der Waals surface area contributed by atoms with E-state index in [4.69, 9.17) is 33.2 Å². The molecular formula is C40H71NO14. The van der Waals surface area contributed by atoms with Crippen molar-refractivity contribution in [2.75, 3.05) is 21.2 Å². The van der Waals surface area contributed by atoms with Gasteiger partial charge in [-0.25, -0.2) is 0 Å². The number of ketones is 1. The molecule has 10 unspecified atom stereocenters. The van der Waals surface area contributed by atoms with Crippen molar-refractivity contribution < 1.29 is 68.0 Å². The van der Waals surface area contributed by atoms with Crippen molar-refractivity contribution in [1.82, 2.24) is 4.90 Å². The average molecular weight is 790 g/mol. The van der Waals surface area contributed by atoms with Gasteiger partial charge in [-0.15, -0.1) is 0 Å². The van der Waals surface area contributed by atoms with Crippen LogP contribution in [-0.2, 0) is 47.5 Å². The lowest BCUT2D eigenvalue weighted by Crippen LogP contribution is -2.61. The predicted octanol–water partition coefficient (Wildman–Crippen LogP) is 2.75. The standard InChI is InChI=1S/C40H71NO14/c1-15-27-40(11,48)33(44)22(5)30(43)20(3)18-38(9,47)35(55-37-32(53-28(42)16-2)26(41(12)13)17-21(4)50-37)23(6)31(24(7)36(46)52-27)54-29-19-39(10,49-14)34(45)25(8)51-29/h20-27,29,31-35,37,44-45,47-48H,15-19H2,1-14H3/t20-,21?,22?,23?,24-,25?,26?,27-,29?,31+,32?,33-,34?,35-,37?,38-,39?,40-/m1/s1. The fraction of sp³-hybridized carbons (Fsp3) is 0.925. The Hall–Kier alpha value is -1.79. The number of cyclic esters (lactones) is 1. The molecule has 3 saturated heterocycles. The minimum absolute atomic E-state index is 0.0760. The topological polar surface area (TPSA) is 200 Å². The largest absolute Gasteiger partial charge is 0.459 e. The number of carbonyl (C=O) groups excluding carboxylic acids is 3. The first-order valence-corrected chi connectivity index (χ1v) is 19.9. The Labute approximate surface area is 327 Å². The zero-order chi connectivity index (χ0) is 42.0. The zero-order valence-electron chi connectivity index (χ0n) is 35.5. The van der Waals surface area contributed by atoms with Gasteiger partial charge in [0.25, 0.3) is 0 Å². The highest BCUT2D eigenvalue weighted by molar-refractivity contribution is 5.83. The van der Waals surface area contributed by atoms with Gasteiger partial charge in [-0.3, -0.25) is 14.4 Å². The van der Waals surface area contributed by atoms with Crippen LogP contribution in [0.15, 0.2) is 0 Å². The number of nitrogens with zero attached hydrogens (tertiary/aromatic N) is 1. The maximum atomic E-state index is 14.2. The number of rotatable bonds is 9. The fourth-order valence-corrected chi connectivity index (χ4v) is 8.76. The molecule has 0 saturated carbocycles. The molecule has 3 rings (SSSR count). The quantitative estimate of drug-likeness (QED) is 0.249. The van der Waals surface area contributed by atoms with E-state index in [9.17, 15) is 34.8 Å². The summed E-state index contributed by atoms with van der Waals surface area (Å²) >= 11 is 0. The molecule has 3 heterocycles. The molecule has 320 valence electrons. The Kier molecular flexibility index (Phi) is 16.3. The first-order chi connectivity index (χ1) is 25.4. The van der Waals surface area contributed by atoms with E-state index in [-0.39, 0.29) is 37.8 Å². The second-order valence-electron chi connectivity index (χ2n) is 17.3. The van der Waals surface area contributed by atoms with Gasteiger partial charge < -0.3 is 58.5 Å². The average Bonchev–Trinajstić information content (AvgIpc) is 3.11. The lowest BCUT2D eigenvalue weighted by atomic mass is 9.74. The highest BCUT2D eigenvalue weighted by Crippen LogP contribution is 2.41. The lowest BCUT2D eigenvalue weighted by Gasteiger charge is -2.49. The summed E-state index contributed by atoms with van der Waals surface area (Å²) in [5.74, 6) is -5.59. The molecule has 0 aromatic heterocycles. The fourth-order valence-electron chi connectivity index (χ4n) is 8.76. The molecule has 15 heteroatoms. The summed E-state index contributed by atoms with van der Waals surface area (Å²) in [6.45, 7) is 18.0. The van der Waals surface area contributed by atoms with Crippen LogP contribution in [0.1, 0.15) is 108 Å². The van der Waals surface area contributed by atoms with Gasteiger partial charge in [0.15, 0.2) is 18.7 Å². The van der Waals surface area contributed by atoms with Gasteiger partial charge in [0.05, 0.1) is 53.7 Å². The molecule has 55 heavy (non-hydrogen) atoms. The molecule has 0 radical (unpaired) electrons. The third kappa shape index (κ3) is 10.6. The third-order valence-corrected chi connectivity index (χ3v) is 12.4. The molecule has 15 nitrogen and oxygen atoms in total. The first kappa shape index (κ1) is 47.6. The second-order valence-corrected chi connectivity index (χ2v) is 17.3. The van der Waals surface area contributed by atoms with E-state index in [1.807, 2.05) is 25.9 Å². The van der Waals surface area contributed by atoms with Gasteiger partial charge in [0.2, 0.25) is 0 Å². The Morgan fingerprint density at radius 3 is 2.05 bits per heavy atom. The van der Waals surface area contributed by atoms with Crippen molar-refractivity contribution in [3.63, 3.8) is 0 Å². The number of ether oxygens (including phenoxy) is 7. The van der Waals surface area contributed by atoms with Gasteiger partial charge >= 0.3 is 11.9 Å². The number of hydrogen-bond donors (Lipinski definition) is 4. The van der Waals surface area contributed by atoms with E-state index in [2.05, 4.69) is 0 Å². The molecule has 0 spiro atoms. The Balaban J connectivity index is 2.24. The number of methoxy groups -OCH3 is 1. The van der Waals surface area contributed by atoms with Crippen LogP contribution in [0.25, 0.3) is 0 Å². The van der Waals surface area contributed by atoms with E-state index in [1.54, 1.807) is 48.5 Å². The highest BCUT2D eigenvalue weighted by atomic mass is 16.7. The molecule has 3 aliphatic rings. The second kappa shape index (κ2) is 18.9. The van der Waals surface area contributed by atoms with Crippen molar-refractivity contribution in [2.24, 2.45) is 23.7 Å². The van der Waals surface area contributed by atoms with Crippen LogP contribution in [0.4, 0.5) is 0 Å². The van der Waals surface area contributed by atoms with Crippen molar-refractivity contribution >= 4 is 17.7 Å². The molecule has 0 aromatic carbocycles. The van der Waals surface area contributed by atoms with Gasteiger partial charge in [-0.05, 0) is 74.9 Å². The number of carbonyl (C=O) groups is 3. The summed E-state index contributed by atoms with van der Waals surface area (Å²) < 4.78 is 43.6. The minimum atomic E-state index is -2.01. The van der Waals surface area contributed by atoms with Gasteiger partial charge in [-0.2, -0.15) is 0 Å². The van der Waals surface area contributed by atoms with Gasteiger partial charge in [0.1, 0.15) is 23.6 Å². The SMILES string of the molecule is CCC(=O)OC1C(O[C@@H]2C(C)[C@H](OC3CC(C)(OC)C(O)C(C)O3)[C@@H](C)C(=O)O[C@H](CC)[C@@](C)(O)[C@H](O)C(C)C(=O)[C@H](C)C[C@@]2(C)O)OC(C)CC1N(C)C. The summed E-state index contributed by atoms with van der Waals surface area (Å²) in [6, 6.07) is -0.319. The number of hydrogen-bond acceptors (Lipinski definition) is 15. The van der Waals surface area contributed by atoms with Crippen LogP contribution < -0.4 is 0 Å². The van der Waals surface area contributed by atoms with Crippen molar-refractivity contribution in [3.8, 4) is 0 Å². The van der Waals surface area contributed by atoms with Crippen LogP contribution in [0.5, 0.6) is 0 Å². The van der Waals surface area contributed by atoms with Crippen molar-refractivity contribution in [1.29, 1.82) is 0 Å². The van der Waals surface area contributed by atoms with Gasteiger partial charge in [0, 0.05) is 37.7 Å². The van der Waals surface area contributed by atoms with E-state index in [1.165, 1.54) is 27.9 Å². The number of esters is 2. The van der Waals surface area contributed by atoms with Crippen molar-refractivity contribution in [2.45, 2.75) is 193 Å². The molecular weight excluding hydrogens is 718 g/mol. The number of aliphatic hydroxyl groups excluding tert-OH is 2. The Bertz CT molecular complexity index is 1290. The van der Waals surface area contributed by atoms with Crippen LogP contribution in [0, 0.1) is 23.7 Å². The molecule has 18 atom stereocenters. The van der Waals surface area contributed by atoms with Gasteiger partial charge in [-0.1, -0.05) is 34.6 Å². The molecule has 4 N–H and O–H groups in total. The molecule has 3 aliphatic heterocycles. The minimum Gasteiger partial charge on any atom is -0.459 e. The maximum absolute atomic E-state index is 14.2. The molecule has 0 amide bonds. The van der Waals surface area contributed by atoms with Crippen LogP contribution in [-0.4, -0.2) is 149 Å². The van der Waals surface area contributed by atoms with E-state index < -0.39 is 114 Å². The third-order valence-electron chi connectivity index (χ3n) is 12.4. The van der Waals surface area contributed by atoms with E-state index in [0.717, 1.165) is 0 Å². The summed E-state index contributed by atoms with van der Waals surface area (Å²) in [7, 11) is 5.21. The normalized spacial score (nSPS) is 46.9. The monoisotopic (exact) mass is 789 g/mol. The molecule has 0 bridgehead atoms. The Morgan fingerprint density at radius 2 is 1.51 bits per heavy atom. The zero-order valence-corrected chi connectivity index (χ0v) is 35.5. The summed E-state index contributed by atoms with van der Waals surface area (Å²) in [6.07, 6.45) is -9.68. The summed E-state index contributed by atoms with van der Waals surface area (Å²) in [5.41, 5.74) is -4.92. The predicted molar refractivity (Wildman–Crippen MR) is 200 cm³/mol. The van der Waals surface area contributed by atoms with E-state index in [0.29, 0.717) is 6.42 Å². The number of aliphatic hydroxyl groups is 4. The summed E-state index contributed by atoms with van der Waals surface area (Å²) in [4.78, 5) is 42.9.